The molecular weight excluding hydrogens is 378 g/mol. The molecule has 0 atom stereocenters. The van der Waals surface area contributed by atoms with Gasteiger partial charge in [0.25, 0.3) is 5.91 Å². The van der Waals surface area contributed by atoms with E-state index in [1.54, 1.807) is 36.4 Å². The lowest BCUT2D eigenvalue weighted by molar-refractivity contribution is -0.123. The first-order valence-corrected chi connectivity index (χ1v) is 8.59. The van der Waals surface area contributed by atoms with Crippen LogP contribution >= 0.6 is 0 Å². The fourth-order valence-corrected chi connectivity index (χ4v) is 2.37. The van der Waals surface area contributed by atoms with Crippen molar-refractivity contribution in [2.75, 3.05) is 33.3 Å². The summed E-state index contributed by atoms with van der Waals surface area (Å²) in [6.07, 6.45) is 1.45. The second-order valence-corrected chi connectivity index (χ2v) is 5.75. The molecule has 9 heteroatoms. The molecule has 0 aliphatic carbocycles. The number of nitrogens with one attached hydrogen (secondary N) is 2. The third-order valence-corrected chi connectivity index (χ3v) is 3.63. The zero-order chi connectivity index (χ0) is 21.2. The highest BCUT2D eigenvalue weighted by Crippen LogP contribution is 2.37. The van der Waals surface area contributed by atoms with E-state index in [-0.39, 0.29) is 12.5 Å². The molecule has 0 aliphatic heterocycles. The van der Waals surface area contributed by atoms with Gasteiger partial charge in [0.15, 0.2) is 18.1 Å². The average Bonchev–Trinajstić information content (AvgIpc) is 2.72. The number of carbonyl (C=O) groups is 2. The molecule has 0 fully saturated rings. The van der Waals surface area contributed by atoms with Crippen molar-refractivity contribution in [3.8, 4) is 23.0 Å². The number of hydrogen-bond acceptors (Lipinski definition) is 7. The molecule has 2 N–H and O–H groups in total. The smallest absolute Gasteiger partial charge is 0.277 e. The molecule has 0 unspecified atom stereocenters. The molecule has 0 aliphatic rings. The molecule has 0 heterocycles. The Balaban J connectivity index is 1.90. The van der Waals surface area contributed by atoms with Crippen LogP contribution in [0.1, 0.15) is 12.5 Å². The number of carbonyl (C=O) groups excluding carboxylic acids is 2. The second-order valence-electron chi connectivity index (χ2n) is 5.75. The van der Waals surface area contributed by atoms with Gasteiger partial charge < -0.3 is 24.3 Å². The number of anilines is 1. The molecule has 0 spiro atoms. The minimum atomic E-state index is -0.431. The number of methoxy groups -OCH3 is 3. The Morgan fingerprint density at radius 3 is 2.14 bits per heavy atom. The van der Waals surface area contributed by atoms with Gasteiger partial charge in [-0.3, -0.25) is 9.59 Å². The van der Waals surface area contributed by atoms with Crippen LogP contribution in [0.4, 0.5) is 5.69 Å². The normalized spacial score (nSPS) is 10.3. The van der Waals surface area contributed by atoms with Crippen molar-refractivity contribution in [3.05, 3.63) is 42.0 Å². The van der Waals surface area contributed by atoms with Crippen LogP contribution in [0, 0.1) is 0 Å². The molecule has 0 saturated heterocycles. The molecule has 0 saturated carbocycles. The lowest BCUT2D eigenvalue weighted by Crippen LogP contribution is -2.24. The third-order valence-electron chi connectivity index (χ3n) is 3.63. The molecule has 9 nitrogen and oxygen atoms in total. The molecule has 154 valence electrons. The Labute approximate surface area is 168 Å². The van der Waals surface area contributed by atoms with Gasteiger partial charge in [-0.25, -0.2) is 5.43 Å². The van der Waals surface area contributed by atoms with Gasteiger partial charge in [0.1, 0.15) is 5.75 Å². The van der Waals surface area contributed by atoms with Crippen LogP contribution in [0.5, 0.6) is 23.0 Å². The molecule has 0 radical (unpaired) electrons. The number of amides is 2. The summed E-state index contributed by atoms with van der Waals surface area (Å²) in [5.41, 5.74) is 3.67. The van der Waals surface area contributed by atoms with Crippen molar-refractivity contribution < 1.29 is 28.5 Å². The van der Waals surface area contributed by atoms with E-state index in [1.165, 1.54) is 34.5 Å². The molecule has 2 amide bonds. The Hall–Kier alpha value is -3.75. The lowest BCUT2D eigenvalue weighted by atomic mass is 10.2. The minimum Gasteiger partial charge on any atom is -0.493 e. The summed E-state index contributed by atoms with van der Waals surface area (Å²) in [5, 5.41) is 6.55. The fourth-order valence-electron chi connectivity index (χ4n) is 2.37. The van der Waals surface area contributed by atoms with E-state index in [4.69, 9.17) is 18.9 Å². The van der Waals surface area contributed by atoms with Crippen molar-refractivity contribution in [1.82, 2.24) is 5.43 Å². The standard InChI is InChI=1S/C20H23N3O6/c1-13(24)22-15-5-7-16(8-6-15)29-12-19(25)23-21-11-14-9-17(26-2)20(28-4)18(10-14)27-3/h5-11H,12H2,1-4H3,(H,22,24)(H,23,25)/b21-11+. The number of hydrogen-bond donors (Lipinski definition) is 2. The van der Waals surface area contributed by atoms with Crippen molar-refractivity contribution in [2.45, 2.75) is 6.92 Å². The van der Waals surface area contributed by atoms with E-state index < -0.39 is 5.91 Å². The highest BCUT2D eigenvalue weighted by molar-refractivity contribution is 5.88. The molecule has 29 heavy (non-hydrogen) atoms. The van der Waals surface area contributed by atoms with Gasteiger partial charge in [-0.05, 0) is 36.4 Å². The predicted octanol–water partition coefficient (Wildman–Crippen LogP) is 2.20. The van der Waals surface area contributed by atoms with Crippen LogP contribution in [0.25, 0.3) is 0 Å². The summed E-state index contributed by atoms with van der Waals surface area (Å²) in [7, 11) is 4.54. The van der Waals surface area contributed by atoms with E-state index in [1.807, 2.05) is 0 Å². The Bertz CT molecular complexity index is 855. The van der Waals surface area contributed by atoms with Gasteiger partial charge in [0.2, 0.25) is 11.7 Å². The molecule has 0 bridgehead atoms. The first-order valence-electron chi connectivity index (χ1n) is 8.59. The van der Waals surface area contributed by atoms with Gasteiger partial charge >= 0.3 is 0 Å². The predicted molar refractivity (Wildman–Crippen MR) is 108 cm³/mol. The summed E-state index contributed by atoms with van der Waals surface area (Å²) >= 11 is 0. The summed E-state index contributed by atoms with van der Waals surface area (Å²) in [6, 6.07) is 10.1. The molecule has 2 aromatic rings. The van der Waals surface area contributed by atoms with E-state index in [0.29, 0.717) is 34.2 Å². The highest BCUT2D eigenvalue weighted by atomic mass is 16.5. The molecular formula is C20H23N3O6. The fraction of sp³-hybridized carbons (Fsp3) is 0.250. The Morgan fingerprint density at radius 1 is 1.00 bits per heavy atom. The number of rotatable bonds is 9. The van der Waals surface area contributed by atoms with Crippen molar-refractivity contribution >= 4 is 23.7 Å². The Morgan fingerprint density at radius 2 is 1.62 bits per heavy atom. The van der Waals surface area contributed by atoms with Crippen molar-refractivity contribution in [1.29, 1.82) is 0 Å². The zero-order valence-electron chi connectivity index (χ0n) is 16.6. The van der Waals surface area contributed by atoms with E-state index in [0.717, 1.165) is 0 Å². The number of hydrazone groups is 1. The van der Waals surface area contributed by atoms with E-state index in [9.17, 15) is 9.59 Å². The van der Waals surface area contributed by atoms with Crippen LogP contribution < -0.4 is 29.7 Å². The first kappa shape index (κ1) is 21.5. The SMILES string of the molecule is COc1cc(/C=N/NC(=O)COc2ccc(NC(C)=O)cc2)cc(OC)c1OC. The van der Waals surface area contributed by atoms with Gasteiger partial charge in [-0.2, -0.15) is 5.10 Å². The lowest BCUT2D eigenvalue weighted by Gasteiger charge is -2.12. The van der Waals surface area contributed by atoms with Crippen molar-refractivity contribution in [2.24, 2.45) is 5.10 Å². The number of nitrogens with zero attached hydrogens (tertiary/aromatic N) is 1. The zero-order valence-corrected chi connectivity index (χ0v) is 16.6. The molecule has 2 aromatic carbocycles. The van der Waals surface area contributed by atoms with Crippen LogP contribution in [-0.2, 0) is 9.59 Å². The van der Waals surface area contributed by atoms with Gasteiger partial charge in [-0.15, -0.1) is 0 Å². The minimum absolute atomic E-state index is 0.164. The second kappa shape index (κ2) is 10.5. The van der Waals surface area contributed by atoms with Gasteiger partial charge in [0.05, 0.1) is 27.5 Å². The number of benzene rings is 2. The van der Waals surface area contributed by atoms with Gasteiger partial charge in [-0.1, -0.05) is 0 Å². The largest absolute Gasteiger partial charge is 0.493 e. The van der Waals surface area contributed by atoms with Crippen LogP contribution in [0.2, 0.25) is 0 Å². The first-order chi connectivity index (χ1) is 14.0. The molecule has 2 rings (SSSR count). The van der Waals surface area contributed by atoms with Crippen molar-refractivity contribution in [3.63, 3.8) is 0 Å². The topological polar surface area (TPSA) is 107 Å². The highest BCUT2D eigenvalue weighted by Gasteiger charge is 2.12. The summed E-state index contributed by atoms with van der Waals surface area (Å²) in [6.45, 7) is 1.21. The van der Waals surface area contributed by atoms with E-state index in [2.05, 4.69) is 15.8 Å². The maximum absolute atomic E-state index is 11.9. The average molecular weight is 401 g/mol. The summed E-state index contributed by atoms with van der Waals surface area (Å²) < 4.78 is 21.2. The van der Waals surface area contributed by atoms with E-state index >= 15 is 0 Å². The maximum atomic E-state index is 11.9. The van der Waals surface area contributed by atoms with Crippen LogP contribution in [-0.4, -0.2) is 46.0 Å². The number of ether oxygens (including phenoxy) is 4. The third kappa shape index (κ3) is 6.42. The van der Waals surface area contributed by atoms with Crippen LogP contribution in [0.15, 0.2) is 41.5 Å². The maximum Gasteiger partial charge on any atom is 0.277 e. The van der Waals surface area contributed by atoms with Crippen LogP contribution in [0.3, 0.4) is 0 Å². The monoisotopic (exact) mass is 401 g/mol. The van der Waals surface area contributed by atoms with Gasteiger partial charge in [0, 0.05) is 18.2 Å². The molecule has 0 aromatic heterocycles. The summed E-state index contributed by atoms with van der Waals surface area (Å²) in [4.78, 5) is 22.9. The summed E-state index contributed by atoms with van der Waals surface area (Å²) in [5.74, 6) is 1.32. The quantitative estimate of drug-likeness (QED) is 0.493. The Kier molecular flexibility index (Phi) is 7.84.